The molecule has 1 saturated heterocycles. The summed E-state index contributed by atoms with van der Waals surface area (Å²) >= 11 is 12.1. The zero-order valence-electron chi connectivity index (χ0n) is 15.1. The number of benzene rings is 1. The van der Waals surface area contributed by atoms with Gasteiger partial charge in [-0.1, -0.05) is 35.8 Å². The first-order chi connectivity index (χ1) is 13.0. The lowest BCUT2D eigenvalue weighted by Gasteiger charge is -2.37. The van der Waals surface area contributed by atoms with Crippen molar-refractivity contribution in [1.29, 1.82) is 0 Å². The van der Waals surface area contributed by atoms with Crippen LogP contribution in [0.1, 0.15) is 11.1 Å². The Morgan fingerprint density at radius 3 is 2.63 bits per heavy atom. The second-order valence-corrected chi connectivity index (χ2v) is 7.56. The van der Waals surface area contributed by atoms with Crippen LogP contribution in [-0.4, -0.2) is 50.9 Å². The third-order valence-electron chi connectivity index (χ3n) is 4.88. The van der Waals surface area contributed by atoms with E-state index in [1.165, 1.54) is 0 Å². The molecular weight excluding hydrogens is 383 g/mol. The minimum absolute atomic E-state index is 0.576. The summed E-state index contributed by atoms with van der Waals surface area (Å²) in [5, 5.41) is 13.8. The van der Waals surface area contributed by atoms with E-state index < -0.39 is 0 Å². The first-order valence-corrected chi connectivity index (χ1v) is 9.56. The van der Waals surface area contributed by atoms with Gasteiger partial charge in [0.05, 0.1) is 10.0 Å². The standard InChI is InChI=1S/C19H20Cl2N6/c1-13-9-18(24-27-12-22-23-19(13)27)26-7-5-25(6-8-26)14(2)10-15-3-4-16(20)17(21)11-15/h3-4,9,11-12H,2,5-8,10H2,1H3. The number of hydrogen-bond donors (Lipinski definition) is 0. The molecule has 0 unspecified atom stereocenters. The van der Waals surface area contributed by atoms with Crippen LogP contribution in [0, 0.1) is 6.92 Å². The van der Waals surface area contributed by atoms with Crippen LogP contribution in [0.5, 0.6) is 0 Å². The van der Waals surface area contributed by atoms with E-state index in [0.717, 1.165) is 60.9 Å². The average molecular weight is 403 g/mol. The zero-order valence-corrected chi connectivity index (χ0v) is 16.6. The van der Waals surface area contributed by atoms with Gasteiger partial charge in [-0.25, -0.2) is 0 Å². The molecular formula is C19H20Cl2N6. The van der Waals surface area contributed by atoms with Crippen LogP contribution in [0.15, 0.2) is 42.9 Å². The molecule has 1 aromatic carbocycles. The normalized spacial score (nSPS) is 14.8. The number of allylic oxidation sites excluding steroid dienone is 1. The molecule has 0 atom stereocenters. The maximum absolute atomic E-state index is 6.12. The number of fused-ring (bicyclic) bond motifs is 1. The van der Waals surface area contributed by atoms with Crippen molar-refractivity contribution in [2.45, 2.75) is 13.3 Å². The summed E-state index contributed by atoms with van der Waals surface area (Å²) in [5.41, 5.74) is 4.08. The molecule has 27 heavy (non-hydrogen) atoms. The summed E-state index contributed by atoms with van der Waals surface area (Å²) in [6, 6.07) is 7.81. The summed E-state index contributed by atoms with van der Waals surface area (Å²) in [5.74, 6) is 0.953. The fourth-order valence-electron chi connectivity index (χ4n) is 3.36. The van der Waals surface area contributed by atoms with Crippen LogP contribution in [0.4, 0.5) is 5.82 Å². The molecule has 1 aliphatic heterocycles. The molecule has 140 valence electrons. The highest BCUT2D eigenvalue weighted by molar-refractivity contribution is 6.42. The van der Waals surface area contributed by atoms with E-state index in [2.05, 4.69) is 37.7 Å². The predicted octanol–water partition coefficient (Wildman–Crippen LogP) is 3.62. The molecule has 1 fully saturated rings. The highest BCUT2D eigenvalue weighted by atomic mass is 35.5. The summed E-state index contributed by atoms with van der Waals surface area (Å²) < 4.78 is 1.74. The van der Waals surface area contributed by atoms with Gasteiger partial charge >= 0.3 is 0 Å². The Bertz CT molecular complexity index is 991. The molecule has 0 spiro atoms. The number of hydrogen-bond acceptors (Lipinski definition) is 5. The van der Waals surface area contributed by atoms with Crippen LogP contribution in [-0.2, 0) is 6.42 Å². The van der Waals surface area contributed by atoms with Crippen molar-refractivity contribution in [3.05, 3.63) is 64.0 Å². The van der Waals surface area contributed by atoms with E-state index >= 15 is 0 Å². The van der Waals surface area contributed by atoms with Crippen molar-refractivity contribution in [1.82, 2.24) is 24.7 Å². The van der Waals surface area contributed by atoms with Gasteiger partial charge in [0.2, 0.25) is 0 Å². The quantitative estimate of drug-likeness (QED) is 0.666. The monoisotopic (exact) mass is 402 g/mol. The number of anilines is 1. The minimum atomic E-state index is 0.576. The maximum atomic E-state index is 6.12. The molecule has 2 aromatic heterocycles. The van der Waals surface area contributed by atoms with Crippen LogP contribution >= 0.6 is 23.2 Å². The summed E-state index contributed by atoms with van der Waals surface area (Å²) in [6.07, 6.45) is 2.40. The number of piperazine rings is 1. The van der Waals surface area contributed by atoms with Gasteiger partial charge in [0.25, 0.3) is 0 Å². The number of aromatic nitrogens is 4. The third-order valence-corrected chi connectivity index (χ3v) is 5.62. The van der Waals surface area contributed by atoms with E-state index in [0.29, 0.717) is 10.0 Å². The van der Waals surface area contributed by atoms with Gasteiger partial charge in [0.1, 0.15) is 12.1 Å². The van der Waals surface area contributed by atoms with Crippen molar-refractivity contribution < 1.29 is 0 Å². The van der Waals surface area contributed by atoms with Crippen LogP contribution in [0.25, 0.3) is 5.65 Å². The lowest BCUT2D eigenvalue weighted by Crippen LogP contribution is -2.46. The number of halogens is 2. The highest BCUT2D eigenvalue weighted by Crippen LogP contribution is 2.25. The van der Waals surface area contributed by atoms with Crippen molar-refractivity contribution in [3.8, 4) is 0 Å². The van der Waals surface area contributed by atoms with Crippen LogP contribution in [0.3, 0.4) is 0 Å². The lowest BCUT2D eigenvalue weighted by atomic mass is 10.1. The molecule has 3 heterocycles. The topological polar surface area (TPSA) is 49.6 Å². The average Bonchev–Trinajstić information content (AvgIpc) is 3.14. The van der Waals surface area contributed by atoms with Gasteiger partial charge in [-0.2, -0.15) is 4.52 Å². The molecule has 0 aliphatic carbocycles. The van der Waals surface area contributed by atoms with Gasteiger partial charge in [0, 0.05) is 38.3 Å². The summed E-state index contributed by atoms with van der Waals surface area (Å²) in [6.45, 7) is 9.89. The highest BCUT2D eigenvalue weighted by Gasteiger charge is 2.20. The van der Waals surface area contributed by atoms with Crippen LogP contribution < -0.4 is 4.90 Å². The van der Waals surface area contributed by atoms with Crippen molar-refractivity contribution in [3.63, 3.8) is 0 Å². The number of rotatable bonds is 4. The molecule has 6 nitrogen and oxygen atoms in total. The molecule has 0 amide bonds. The molecule has 3 aromatic rings. The SMILES string of the molecule is C=C(Cc1ccc(Cl)c(Cl)c1)N1CCN(c2cc(C)c3nncn3n2)CC1. The fraction of sp³-hybridized carbons (Fsp3) is 0.316. The third kappa shape index (κ3) is 3.73. The first kappa shape index (κ1) is 18.1. The minimum Gasteiger partial charge on any atom is -0.371 e. The van der Waals surface area contributed by atoms with Crippen molar-refractivity contribution >= 4 is 34.7 Å². The Morgan fingerprint density at radius 2 is 1.89 bits per heavy atom. The number of aryl methyl sites for hydroxylation is 1. The van der Waals surface area contributed by atoms with E-state index in [9.17, 15) is 0 Å². The van der Waals surface area contributed by atoms with E-state index in [1.807, 2.05) is 25.1 Å². The summed E-state index contributed by atoms with van der Waals surface area (Å²) in [7, 11) is 0. The predicted molar refractivity (Wildman–Crippen MR) is 109 cm³/mol. The second-order valence-electron chi connectivity index (χ2n) is 6.75. The lowest BCUT2D eigenvalue weighted by molar-refractivity contribution is 0.315. The second kappa shape index (κ2) is 7.37. The van der Waals surface area contributed by atoms with Gasteiger partial charge in [-0.05, 0) is 36.2 Å². The Labute approximate surface area is 168 Å². The maximum Gasteiger partial charge on any atom is 0.180 e. The Morgan fingerprint density at radius 1 is 1.11 bits per heavy atom. The molecule has 0 radical (unpaired) electrons. The molecule has 4 rings (SSSR count). The smallest absolute Gasteiger partial charge is 0.180 e. The largest absolute Gasteiger partial charge is 0.371 e. The van der Waals surface area contributed by atoms with Gasteiger partial charge in [-0.3, -0.25) is 0 Å². The fourth-order valence-corrected chi connectivity index (χ4v) is 3.68. The Hall–Kier alpha value is -2.31. The first-order valence-electron chi connectivity index (χ1n) is 8.80. The van der Waals surface area contributed by atoms with E-state index in [1.54, 1.807) is 10.8 Å². The summed E-state index contributed by atoms with van der Waals surface area (Å²) in [4.78, 5) is 4.61. The Kier molecular flexibility index (Phi) is 4.93. The molecule has 0 N–H and O–H groups in total. The van der Waals surface area contributed by atoms with Crippen molar-refractivity contribution in [2.24, 2.45) is 0 Å². The van der Waals surface area contributed by atoms with E-state index in [-0.39, 0.29) is 0 Å². The van der Waals surface area contributed by atoms with E-state index in [4.69, 9.17) is 23.2 Å². The zero-order chi connectivity index (χ0) is 19.0. The molecule has 0 bridgehead atoms. The molecule has 1 aliphatic rings. The van der Waals surface area contributed by atoms with Gasteiger partial charge < -0.3 is 9.80 Å². The molecule has 0 saturated carbocycles. The molecule has 8 heteroatoms. The van der Waals surface area contributed by atoms with Gasteiger partial charge in [0.15, 0.2) is 5.65 Å². The Balaban J connectivity index is 1.40. The van der Waals surface area contributed by atoms with Crippen LogP contribution in [0.2, 0.25) is 10.0 Å². The van der Waals surface area contributed by atoms with Crippen molar-refractivity contribution in [2.75, 3.05) is 31.1 Å². The number of nitrogens with zero attached hydrogens (tertiary/aromatic N) is 6. The van der Waals surface area contributed by atoms with Gasteiger partial charge in [-0.15, -0.1) is 15.3 Å².